The van der Waals surface area contributed by atoms with Crippen molar-refractivity contribution in [2.45, 2.75) is 4.90 Å². The molecule has 0 heterocycles. The number of hydrogen-bond acceptors (Lipinski definition) is 2. The van der Waals surface area contributed by atoms with Gasteiger partial charge in [-0.05, 0) is 24.3 Å². The van der Waals surface area contributed by atoms with Crippen LogP contribution in [-0.4, -0.2) is 42.0 Å². The first-order chi connectivity index (χ1) is 8.26. The largest absolute Gasteiger partial charge is 0.300 e. The molecule has 1 aromatic carbocycles. The molecule has 104 valence electrons. The third-order valence-corrected chi connectivity index (χ3v) is 3.87. The Hall–Kier alpha value is 0.690. The van der Waals surface area contributed by atoms with Gasteiger partial charge < -0.3 is 4.90 Å². The van der Waals surface area contributed by atoms with E-state index < -0.39 is 0 Å². The molecule has 0 aliphatic carbocycles. The van der Waals surface area contributed by atoms with Crippen molar-refractivity contribution >= 4 is 59.0 Å². The zero-order valence-electron chi connectivity index (χ0n) is 9.95. The van der Waals surface area contributed by atoms with E-state index in [1.807, 2.05) is 36.0 Å². The highest BCUT2D eigenvalue weighted by atomic mass is 35.5. The van der Waals surface area contributed by atoms with E-state index in [0.717, 1.165) is 30.4 Å². The first kappa shape index (κ1) is 18.7. The van der Waals surface area contributed by atoms with E-state index in [-0.39, 0.29) is 12.4 Å². The summed E-state index contributed by atoms with van der Waals surface area (Å²) in [6.07, 6.45) is 0. The Bertz CT molecular complexity index is 301. The highest BCUT2D eigenvalue weighted by Crippen LogP contribution is 2.20. The van der Waals surface area contributed by atoms with Crippen molar-refractivity contribution in [1.29, 1.82) is 0 Å². The summed E-state index contributed by atoms with van der Waals surface area (Å²) >= 11 is 19.1. The molecule has 0 amide bonds. The molecule has 1 nitrogen and oxygen atoms in total. The van der Waals surface area contributed by atoms with Crippen LogP contribution in [0.3, 0.4) is 0 Å². The second-order valence-corrected chi connectivity index (χ2v) is 5.88. The Morgan fingerprint density at radius 1 is 0.944 bits per heavy atom. The topological polar surface area (TPSA) is 3.24 Å². The zero-order chi connectivity index (χ0) is 12.5. The molecule has 0 atom stereocenters. The monoisotopic (exact) mass is 347 g/mol. The number of thioether (sulfide) groups is 1. The molecule has 0 aromatic heterocycles. The summed E-state index contributed by atoms with van der Waals surface area (Å²) in [5.74, 6) is 2.35. The fourth-order valence-electron chi connectivity index (χ4n) is 1.40. The lowest BCUT2D eigenvalue weighted by Gasteiger charge is -2.19. The van der Waals surface area contributed by atoms with Gasteiger partial charge >= 0.3 is 0 Å². The van der Waals surface area contributed by atoms with Crippen LogP contribution < -0.4 is 0 Å². The smallest absolute Gasteiger partial charge is 0.0406 e. The van der Waals surface area contributed by atoms with Crippen molar-refractivity contribution in [3.05, 3.63) is 29.3 Å². The second kappa shape index (κ2) is 11.5. The summed E-state index contributed by atoms with van der Waals surface area (Å²) in [6.45, 7) is 2.80. The van der Waals surface area contributed by atoms with Crippen LogP contribution in [0.25, 0.3) is 0 Å². The van der Waals surface area contributed by atoms with Crippen molar-refractivity contribution in [3.63, 3.8) is 0 Å². The molecule has 6 heteroatoms. The van der Waals surface area contributed by atoms with E-state index in [1.165, 1.54) is 4.90 Å². The van der Waals surface area contributed by atoms with Crippen LogP contribution >= 0.6 is 59.0 Å². The van der Waals surface area contributed by atoms with Gasteiger partial charge in [-0.15, -0.1) is 47.4 Å². The molecule has 0 spiro atoms. The van der Waals surface area contributed by atoms with Crippen molar-refractivity contribution in [3.8, 4) is 0 Å². The standard InChI is InChI=1S/C12H16Cl3NS.ClH/c13-5-7-16(8-6-14)9-10-17-12-3-1-11(15)2-4-12;/h1-4H,5-10H2;1H. The highest BCUT2D eigenvalue weighted by molar-refractivity contribution is 7.99. The van der Waals surface area contributed by atoms with Gasteiger partial charge in [-0.2, -0.15) is 0 Å². The summed E-state index contributed by atoms with van der Waals surface area (Å²) in [5.41, 5.74) is 0. The summed E-state index contributed by atoms with van der Waals surface area (Å²) < 4.78 is 0. The Balaban J connectivity index is 0.00000289. The van der Waals surface area contributed by atoms with Gasteiger partial charge in [0.1, 0.15) is 0 Å². The van der Waals surface area contributed by atoms with E-state index in [4.69, 9.17) is 34.8 Å². The van der Waals surface area contributed by atoms with Crippen LogP contribution in [0, 0.1) is 0 Å². The van der Waals surface area contributed by atoms with E-state index in [0.29, 0.717) is 11.8 Å². The second-order valence-electron chi connectivity index (χ2n) is 3.52. The molecule has 1 aromatic rings. The number of halogens is 4. The number of nitrogens with zero attached hydrogens (tertiary/aromatic N) is 1. The molecule has 0 fully saturated rings. The summed E-state index contributed by atoms with van der Waals surface area (Å²) in [6, 6.07) is 7.92. The van der Waals surface area contributed by atoms with Crippen LogP contribution in [0.1, 0.15) is 0 Å². The van der Waals surface area contributed by atoms with Crippen LogP contribution in [0.15, 0.2) is 29.2 Å². The molecule has 0 unspecified atom stereocenters. The minimum absolute atomic E-state index is 0. The normalized spacial score (nSPS) is 10.4. The molecular formula is C12H17Cl4NS. The molecule has 0 saturated heterocycles. The van der Waals surface area contributed by atoms with E-state index in [1.54, 1.807) is 0 Å². The van der Waals surface area contributed by atoms with E-state index >= 15 is 0 Å². The molecule has 0 radical (unpaired) electrons. The maximum atomic E-state index is 5.83. The van der Waals surface area contributed by atoms with E-state index in [9.17, 15) is 0 Å². The zero-order valence-corrected chi connectivity index (χ0v) is 13.9. The van der Waals surface area contributed by atoms with Gasteiger partial charge in [0.15, 0.2) is 0 Å². The highest BCUT2D eigenvalue weighted by Gasteiger charge is 2.03. The Morgan fingerprint density at radius 2 is 1.50 bits per heavy atom. The number of hydrogen-bond donors (Lipinski definition) is 0. The third-order valence-electron chi connectivity index (χ3n) is 2.29. The third kappa shape index (κ3) is 7.98. The average Bonchev–Trinajstić information content (AvgIpc) is 2.32. The fraction of sp³-hybridized carbons (Fsp3) is 0.500. The van der Waals surface area contributed by atoms with Gasteiger partial charge in [0, 0.05) is 47.1 Å². The molecular weight excluding hydrogens is 332 g/mol. The first-order valence-electron chi connectivity index (χ1n) is 5.49. The molecule has 0 saturated carbocycles. The van der Waals surface area contributed by atoms with Gasteiger partial charge in [0.25, 0.3) is 0 Å². The van der Waals surface area contributed by atoms with Gasteiger partial charge in [0.05, 0.1) is 0 Å². The lowest BCUT2D eigenvalue weighted by Crippen LogP contribution is -2.30. The summed E-state index contributed by atoms with van der Waals surface area (Å²) in [5, 5.41) is 0.778. The summed E-state index contributed by atoms with van der Waals surface area (Å²) in [4.78, 5) is 3.52. The lowest BCUT2D eigenvalue weighted by molar-refractivity contribution is 0.327. The lowest BCUT2D eigenvalue weighted by atomic mass is 10.4. The first-order valence-corrected chi connectivity index (χ1v) is 7.92. The van der Waals surface area contributed by atoms with Crippen molar-refractivity contribution in [1.82, 2.24) is 4.90 Å². The molecule has 1 rings (SSSR count). The van der Waals surface area contributed by atoms with Crippen LogP contribution in [0.4, 0.5) is 0 Å². The maximum Gasteiger partial charge on any atom is 0.0406 e. The maximum absolute atomic E-state index is 5.83. The number of benzene rings is 1. The Morgan fingerprint density at radius 3 is 2.00 bits per heavy atom. The molecule has 0 aliphatic heterocycles. The van der Waals surface area contributed by atoms with E-state index in [2.05, 4.69) is 4.90 Å². The minimum Gasteiger partial charge on any atom is -0.300 e. The quantitative estimate of drug-likeness (QED) is 0.497. The van der Waals surface area contributed by atoms with Gasteiger partial charge in [-0.3, -0.25) is 0 Å². The SMILES string of the molecule is Cl.ClCCN(CCCl)CCSc1ccc(Cl)cc1. The van der Waals surface area contributed by atoms with Gasteiger partial charge in [-0.25, -0.2) is 0 Å². The van der Waals surface area contributed by atoms with Crippen LogP contribution in [0.2, 0.25) is 5.02 Å². The Labute approximate surface area is 135 Å². The predicted molar refractivity (Wildman–Crippen MR) is 87.3 cm³/mol. The molecule has 0 bridgehead atoms. The molecule has 0 aliphatic rings. The van der Waals surface area contributed by atoms with Crippen molar-refractivity contribution < 1.29 is 0 Å². The van der Waals surface area contributed by atoms with Gasteiger partial charge in [-0.1, -0.05) is 11.6 Å². The van der Waals surface area contributed by atoms with Crippen molar-refractivity contribution in [2.75, 3.05) is 37.1 Å². The van der Waals surface area contributed by atoms with Crippen molar-refractivity contribution in [2.24, 2.45) is 0 Å². The van der Waals surface area contributed by atoms with Gasteiger partial charge in [0.2, 0.25) is 0 Å². The molecule has 18 heavy (non-hydrogen) atoms. The van der Waals surface area contributed by atoms with Crippen LogP contribution in [-0.2, 0) is 0 Å². The predicted octanol–water partition coefficient (Wildman–Crippen LogP) is 4.63. The van der Waals surface area contributed by atoms with Crippen LogP contribution in [0.5, 0.6) is 0 Å². The average molecular weight is 349 g/mol. The minimum atomic E-state index is 0. The number of rotatable bonds is 8. The number of alkyl halides is 2. The summed E-state index contributed by atoms with van der Waals surface area (Å²) in [7, 11) is 0. The fourth-order valence-corrected chi connectivity index (χ4v) is 2.92. The molecule has 0 N–H and O–H groups in total. The Kier molecular flexibility index (Phi) is 12.0.